The predicted molar refractivity (Wildman–Crippen MR) is 76.8 cm³/mol. The Morgan fingerprint density at radius 2 is 2.18 bits per heavy atom. The Morgan fingerprint density at radius 3 is 2.91 bits per heavy atom. The molecule has 9 nitrogen and oxygen atoms in total. The fourth-order valence-corrected chi connectivity index (χ4v) is 2.05. The lowest BCUT2D eigenvalue weighted by Crippen LogP contribution is -2.39. The Morgan fingerprint density at radius 1 is 1.41 bits per heavy atom. The molecule has 2 amide bonds. The van der Waals surface area contributed by atoms with E-state index >= 15 is 0 Å². The molecule has 0 bridgehead atoms. The van der Waals surface area contributed by atoms with Crippen molar-refractivity contribution in [1.29, 1.82) is 5.26 Å². The topological polar surface area (TPSA) is 123 Å². The third kappa shape index (κ3) is 4.54. The number of carbonyl (C=O) groups excluding carboxylic acids is 2. The van der Waals surface area contributed by atoms with E-state index in [9.17, 15) is 9.59 Å². The monoisotopic (exact) mass is 306 g/mol. The number of carbonyl (C=O) groups is 2. The highest BCUT2D eigenvalue weighted by Gasteiger charge is 2.16. The summed E-state index contributed by atoms with van der Waals surface area (Å²) in [6.45, 7) is 4.53. The molecule has 0 saturated carbocycles. The first-order chi connectivity index (χ1) is 10.7. The van der Waals surface area contributed by atoms with E-state index in [4.69, 9.17) is 10.00 Å². The number of morpholine rings is 1. The van der Waals surface area contributed by atoms with Crippen LogP contribution in [0.4, 0.5) is 5.82 Å². The molecule has 2 heterocycles. The summed E-state index contributed by atoms with van der Waals surface area (Å²) < 4.78 is 5.25. The average molecular weight is 306 g/mol. The smallest absolute Gasteiger partial charge is 0.314 e. The maximum Gasteiger partial charge on any atom is 0.314 e. The van der Waals surface area contributed by atoms with E-state index in [1.807, 2.05) is 6.07 Å². The highest BCUT2D eigenvalue weighted by Crippen LogP contribution is 2.08. The van der Waals surface area contributed by atoms with Crippen LogP contribution in [0.25, 0.3) is 0 Å². The molecule has 1 aliphatic heterocycles. The van der Waals surface area contributed by atoms with Gasteiger partial charge in [0.15, 0.2) is 0 Å². The molecule has 9 heteroatoms. The van der Waals surface area contributed by atoms with Crippen molar-refractivity contribution >= 4 is 17.6 Å². The first-order valence-electron chi connectivity index (χ1n) is 7.03. The second-order valence-electron chi connectivity index (χ2n) is 4.79. The number of amides is 2. The van der Waals surface area contributed by atoms with E-state index in [0.29, 0.717) is 6.54 Å². The van der Waals surface area contributed by atoms with Gasteiger partial charge in [-0.25, -0.2) is 0 Å². The predicted octanol–water partition coefficient (Wildman–Crippen LogP) is -0.942. The molecule has 0 atom stereocenters. The van der Waals surface area contributed by atoms with Crippen LogP contribution >= 0.6 is 0 Å². The zero-order valence-electron chi connectivity index (χ0n) is 12.1. The minimum Gasteiger partial charge on any atom is -0.379 e. The maximum absolute atomic E-state index is 11.7. The molecule has 0 aromatic carbocycles. The minimum absolute atomic E-state index is 0.121. The Hall–Kier alpha value is -2.44. The third-order valence-electron chi connectivity index (χ3n) is 3.24. The van der Waals surface area contributed by atoms with E-state index in [1.54, 1.807) is 0 Å². The maximum atomic E-state index is 11.7. The zero-order valence-corrected chi connectivity index (χ0v) is 12.1. The number of rotatable bonds is 5. The Bertz CT molecular complexity index is 558. The van der Waals surface area contributed by atoms with Crippen LogP contribution in [0.5, 0.6) is 0 Å². The van der Waals surface area contributed by atoms with Crippen LogP contribution in [-0.2, 0) is 14.3 Å². The van der Waals surface area contributed by atoms with Gasteiger partial charge < -0.3 is 15.4 Å². The third-order valence-corrected chi connectivity index (χ3v) is 3.24. The fraction of sp³-hybridized carbons (Fsp3) is 0.538. The van der Waals surface area contributed by atoms with Crippen molar-refractivity contribution in [2.24, 2.45) is 0 Å². The number of H-pyrrole nitrogens is 1. The zero-order chi connectivity index (χ0) is 15.8. The van der Waals surface area contributed by atoms with Gasteiger partial charge in [0.25, 0.3) is 0 Å². The van der Waals surface area contributed by atoms with Gasteiger partial charge in [-0.15, -0.1) is 0 Å². The molecule has 118 valence electrons. The Balaban J connectivity index is 1.66. The van der Waals surface area contributed by atoms with E-state index < -0.39 is 11.8 Å². The SMILES string of the molecule is N#Cc1cn[nH]c1NC(=O)C(=O)NCCCN1CCOCC1. The molecule has 1 aromatic rings. The van der Waals surface area contributed by atoms with Gasteiger partial charge in [-0.05, 0) is 13.0 Å². The van der Waals surface area contributed by atoms with Crippen molar-refractivity contribution in [3.05, 3.63) is 11.8 Å². The molecule has 1 aliphatic rings. The highest BCUT2D eigenvalue weighted by molar-refractivity contribution is 6.39. The standard InChI is InChI=1S/C13H18N6O3/c14-8-10-9-16-18-11(10)17-13(21)12(20)15-2-1-3-19-4-6-22-7-5-19/h9H,1-7H2,(H,15,20)(H2,16,17,18,21). The fourth-order valence-electron chi connectivity index (χ4n) is 2.05. The van der Waals surface area contributed by atoms with Gasteiger partial charge in [0, 0.05) is 19.6 Å². The lowest BCUT2D eigenvalue weighted by Gasteiger charge is -2.26. The molecular formula is C13H18N6O3. The summed E-state index contributed by atoms with van der Waals surface area (Å²) in [7, 11) is 0. The number of anilines is 1. The molecule has 22 heavy (non-hydrogen) atoms. The molecule has 1 fully saturated rings. The van der Waals surface area contributed by atoms with Crippen LogP contribution in [-0.4, -0.2) is 66.3 Å². The molecule has 3 N–H and O–H groups in total. The summed E-state index contributed by atoms with van der Waals surface area (Å²) in [6, 6.07) is 1.85. The van der Waals surface area contributed by atoms with Crippen LogP contribution < -0.4 is 10.6 Å². The van der Waals surface area contributed by atoms with Crippen molar-refractivity contribution in [1.82, 2.24) is 20.4 Å². The Labute approximate surface area is 127 Å². The van der Waals surface area contributed by atoms with Crippen molar-refractivity contribution in [3.8, 4) is 6.07 Å². The molecule has 0 spiro atoms. The Kier molecular flexibility index (Phi) is 5.88. The molecule has 1 aromatic heterocycles. The van der Waals surface area contributed by atoms with Gasteiger partial charge in [0.2, 0.25) is 0 Å². The van der Waals surface area contributed by atoms with E-state index in [2.05, 4.69) is 25.7 Å². The summed E-state index contributed by atoms with van der Waals surface area (Å²) in [5, 5.41) is 19.7. The number of nitrogens with one attached hydrogen (secondary N) is 3. The van der Waals surface area contributed by atoms with Crippen LogP contribution in [0.2, 0.25) is 0 Å². The molecule has 1 saturated heterocycles. The number of aromatic amines is 1. The number of nitriles is 1. The first-order valence-corrected chi connectivity index (χ1v) is 7.03. The number of ether oxygens (including phenoxy) is 1. The molecule has 0 radical (unpaired) electrons. The lowest BCUT2D eigenvalue weighted by atomic mass is 10.3. The largest absolute Gasteiger partial charge is 0.379 e. The summed E-state index contributed by atoms with van der Waals surface area (Å²) in [6.07, 6.45) is 2.03. The second kappa shape index (κ2) is 8.11. The summed E-state index contributed by atoms with van der Waals surface area (Å²) in [5.41, 5.74) is 0.175. The number of hydrogen-bond acceptors (Lipinski definition) is 6. The summed E-state index contributed by atoms with van der Waals surface area (Å²) in [5.74, 6) is -1.44. The van der Waals surface area contributed by atoms with Crippen molar-refractivity contribution in [2.45, 2.75) is 6.42 Å². The van der Waals surface area contributed by atoms with Crippen LogP contribution in [0.3, 0.4) is 0 Å². The van der Waals surface area contributed by atoms with Crippen molar-refractivity contribution in [2.75, 3.05) is 44.7 Å². The minimum atomic E-state index is -0.827. The molecule has 0 aliphatic carbocycles. The van der Waals surface area contributed by atoms with Gasteiger partial charge in [-0.3, -0.25) is 19.6 Å². The first kappa shape index (κ1) is 15.9. The van der Waals surface area contributed by atoms with Crippen LogP contribution in [0.1, 0.15) is 12.0 Å². The van der Waals surface area contributed by atoms with Crippen LogP contribution in [0, 0.1) is 11.3 Å². The number of nitrogens with zero attached hydrogens (tertiary/aromatic N) is 3. The number of hydrogen-bond donors (Lipinski definition) is 3. The van der Waals surface area contributed by atoms with Gasteiger partial charge in [0.1, 0.15) is 17.5 Å². The van der Waals surface area contributed by atoms with Crippen LogP contribution in [0.15, 0.2) is 6.20 Å². The van der Waals surface area contributed by atoms with Gasteiger partial charge in [-0.1, -0.05) is 0 Å². The van der Waals surface area contributed by atoms with Crippen molar-refractivity contribution in [3.63, 3.8) is 0 Å². The van der Waals surface area contributed by atoms with Crippen molar-refractivity contribution < 1.29 is 14.3 Å². The summed E-state index contributed by atoms with van der Waals surface area (Å²) in [4.78, 5) is 25.6. The molecular weight excluding hydrogens is 288 g/mol. The number of aromatic nitrogens is 2. The summed E-state index contributed by atoms with van der Waals surface area (Å²) >= 11 is 0. The lowest BCUT2D eigenvalue weighted by molar-refractivity contribution is -0.136. The van der Waals surface area contributed by atoms with E-state index in [-0.39, 0.29) is 11.4 Å². The second-order valence-corrected chi connectivity index (χ2v) is 4.79. The van der Waals surface area contributed by atoms with E-state index in [1.165, 1.54) is 6.20 Å². The highest BCUT2D eigenvalue weighted by atomic mass is 16.5. The molecule has 0 unspecified atom stereocenters. The van der Waals surface area contributed by atoms with E-state index in [0.717, 1.165) is 39.3 Å². The van der Waals surface area contributed by atoms with Gasteiger partial charge in [0.05, 0.1) is 19.4 Å². The normalized spacial score (nSPS) is 15.0. The average Bonchev–Trinajstić information content (AvgIpc) is 2.99. The van der Waals surface area contributed by atoms with Gasteiger partial charge >= 0.3 is 11.8 Å². The molecule has 2 rings (SSSR count). The quantitative estimate of drug-likeness (QED) is 0.476. The van der Waals surface area contributed by atoms with Gasteiger partial charge in [-0.2, -0.15) is 10.4 Å².